The molecule has 19 heavy (non-hydrogen) atoms. The molecule has 0 heterocycles. The van der Waals surface area contributed by atoms with Crippen LogP contribution in [0.15, 0.2) is 24.3 Å². The SMILES string of the molecule is CC(CCO)CNC(=O)c1cccc(CN(C)C)c1. The average molecular weight is 264 g/mol. The molecule has 0 aliphatic carbocycles. The van der Waals surface area contributed by atoms with Crippen LogP contribution in [0.2, 0.25) is 0 Å². The van der Waals surface area contributed by atoms with Crippen molar-refractivity contribution >= 4 is 5.91 Å². The Kier molecular flexibility index (Phi) is 6.53. The number of carbonyl (C=O) groups is 1. The third-order valence-electron chi connectivity index (χ3n) is 2.92. The number of amides is 1. The molecule has 2 N–H and O–H groups in total. The molecular formula is C15H24N2O2. The minimum atomic E-state index is -0.0506. The molecule has 0 bridgehead atoms. The summed E-state index contributed by atoms with van der Waals surface area (Å²) in [5, 5.41) is 11.7. The second kappa shape index (κ2) is 7.92. The van der Waals surface area contributed by atoms with Crippen molar-refractivity contribution in [2.24, 2.45) is 5.92 Å². The van der Waals surface area contributed by atoms with Gasteiger partial charge in [0, 0.05) is 25.3 Å². The largest absolute Gasteiger partial charge is 0.396 e. The molecule has 0 fully saturated rings. The molecule has 0 saturated carbocycles. The Hall–Kier alpha value is -1.39. The van der Waals surface area contributed by atoms with Crippen molar-refractivity contribution in [1.82, 2.24) is 10.2 Å². The molecule has 4 heteroatoms. The van der Waals surface area contributed by atoms with Crippen molar-refractivity contribution in [2.45, 2.75) is 19.9 Å². The molecule has 4 nitrogen and oxygen atoms in total. The first-order valence-corrected chi connectivity index (χ1v) is 6.65. The van der Waals surface area contributed by atoms with Crippen molar-refractivity contribution in [2.75, 3.05) is 27.2 Å². The van der Waals surface area contributed by atoms with Gasteiger partial charge in [-0.2, -0.15) is 0 Å². The van der Waals surface area contributed by atoms with Crippen LogP contribution in [0.25, 0.3) is 0 Å². The van der Waals surface area contributed by atoms with Gasteiger partial charge in [-0.1, -0.05) is 19.1 Å². The number of nitrogens with zero attached hydrogens (tertiary/aromatic N) is 1. The average Bonchev–Trinajstić information content (AvgIpc) is 2.36. The minimum Gasteiger partial charge on any atom is -0.396 e. The lowest BCUT2D eigenvalue weighted by atomic mass is 10.1. The summed E-state index contributed by atoms with van der Waals surface area (Å²) in [5.41, 5.74) is 1.82. The van der Waals surface area contributed by atoms with Gasteiger partial charge in [0.2, 0.25) is 0 Å². The van der Waals surface area contributed by atoms with E-state index in [1.165, 1.54) is 0 Å². The molecular weight excluding hydrogens is 240 g/mol. The maximum Gasteiger partial charge on any atom is 0.251 e. The predicted octanol–water partition coefficient (Wildman–Crippen LogP) is 1.50. The number of aliphatic hydroxyl groups excluding tert-OH is 1. The Morgan fingerprint density at radius 3 is 2.79 bits per heavy atom. The van der Waals surface area contributed by atoms with E-state index in [9.17, 15) is 4.79 Å². The van der Waals surface area contributed by atoms with Gasteiger partial charge in [-0.25, -0.2) is 0 Å². The summed E-state index contributed by atoms with van der Waals surface area (Å²) in [6, 6.07) is 7.67. The van der Waals surface area contributed by atoms with Gasteiger partial charge in [0.15, 0.2) is 0 Å². The van der Waals surface area contributed by atoms with E-state index in [2.05, 4.69) is 10.2 Å². The van der Waals surface area contributed by atoms with Crippen LogP contribution in [0.3, 0.4) is 0 Å². The van der Waals surface area contributed by atoms with Crippen molar-refractivity contribution in [1.29, 1.82) is 0 Å². The van der Waals surface area contributed by atoms with Crippen molar-refractivity contribution in [3.8, 4) is 0 Å². The van der Waals surface area contributed by atoms with Crippen molar-refractivity contribution in [3.63, 3.8) is 0 Å². The maximum atomic E-state index is 12.0. The van der Waals surface area contributed by atoms with E-state index >= 15 is 0 Å². The van der Waals surface area contributed by atoms with Gasteiger partial charge in [-0.05, 0) is 44.1 Å². The zero-order valence-electron chi connectivity index (χ0n) is 12.0. The van der Waals surface area contributed by atoms with Crippen LogP contribution in [0.4, 0.5) is 0 Å². The summed E-state index contributed by atoms with van der Waals surface area (Å²) >= 11 is 0. The molecule has 0 aromatic heterocycles. The topological polar surface area (TPSA) is 52.6 Å². The van der Waals surface area contributed by atoms with Gasteiger partial charge < -0.3 is 15.3 Å². The van der Waals surface area contributed by atoms with Crippen LogP contribution < -0.4 is 5.32 Å². The Bertz CT molecular complexity index is 405. The van der Waals surface area contributed by atoms with E-state index in [0.29, 0.717) is 24.4 Å². The number of aliphatic hydroxyl groups is 1. The van der Waals surface area contributed by atoms with Crippen LogP contribution in [0, 0.1) is 5.92 Å². The lowest BCUT2D eigenvalue weighted by Crippen LogP contribution is -2.28. The van der Waals surface area contributed by atoms with Gasteiger partial charge in [-0.15, -0.1) is 0 Å². The lowest BCUT2D eigenvalue weighted by molar-refractivity contribution is 0.0945. The van der Waals surface area contributed by atoms with E-state index in [1.54, 1.807) is 0 Å². The highest BCUT2D eigenvalue weighted by atomic mass is 16.3. The molecule has 1 unspecified atom stereocenters. The Labute approximate surface area is 115 Å². The van der Waals surface area contributed by atoms with E-state index in [0.717, 1.165) is 12.1 Å². The zero-order chi connectivity index (χ0) is 14.3. The predicted molar refractivity (Wildman–Crippen MR) is 77.0 cm³/mol. The minimum absolute atomic E-state index is 0.0506. The molecule has 0 spiro atoms. The third kappa shape index (κ3) is 5.85. The van der Waals surface area contributed by atoms with E-state index in [4.69, 9.17) is 5.11 Å². The van der Waals surface area contributed by atoms with E-state index in [-0.39, 0.29) is 12.5 Å². The second-order valence-electron chi connectivity index (χ2n) is 5.27. The molecule has 1 aromatic carbocycles. The highest BCUT2D eigenvalue weighted by Crippen LogP contribution is 2.07. The lowest BCUT2D eigenvalue weighted by Gasteiger charge is -2.13. The summed E-state index contributed by atoms with van der Waals surface area (Å²) in [4.78, 5) is 14.1. The highest BCUT2D eigenvalue weighted by Gasteiger charge is 2.08. The number of benzene rings is 1. The molecule has 0 aliphatic rings. The monoisotopic (exact) mass is 264 g/mol. The Morgan fingerprint density at radius 2 is 2.16 bits per heavy atom. The molecule has 1 amide bonds. The number of carbonyl (C=O) groups excluding carboxylic acids is 1. The summed E-state index contributed by atoms with van der Waals surface area (Å²) in [5.74, 6) is 0.240. The first kappa shape index (κ1) is 15.7. The highest BCUT2D eigenvalue weighted by molar-refractivity contribution is 5.94. The standard InChI is InChI=1S/C15H24N2O2/c1-12(7-8-18)10-16-15(19)14-6-4-5-13(9-14)11-17(2)3/h4-6,9,12,18H,7-8,10-11H2,1-3H3,(H,16,19). The van der Waals surface area contributed by atoms with Crippen LogP contribution in [0.5, 0.6) is 0 Å². The number of nitrogens with one attached hydrogen (secondary N) is 1. The van der Waals surface area contributed by atoms with Gasteiger partial charge in [0.1, 0.15) is 0 Å². The smallest absolute Gasteiger partial charge is 0.251 e. The molecule has 0 aliphatic heterocycles. The van der Waals surface area contributed by atoms with Crippen LogP contribution in [-0.4, -0.2) is 43.2 Å². The third-order valence-corrected chi connectivity index (χ3v) is 2.92. The van der Waals surface area contributed by atoms with Gasteiger partial charge in [0.25, 0.3) is 5.91 Å². The van der Waals surface area contributed by atoms with Gasteiger partial charge >= 0.3 is 0 Å². The normalized spacial score (nSPS) is 12.5. The fraction of sp³-hybridized carbons (Fsp3) is 0.533. The first-order valence-electron chi connectivity index (χ1n) is 6.65. The van der Waals surface area contributed by atoms with Crippen LogP contribution >= 0.6 is 0 Å². The summed E-state index contributed by atoms with van der Waals surface area (Å²) in [6.07, 6.45) is 0.709. The molecule has 106 valence electrons. The fourth-order valence-corrected chi connectivity index (χ4v) is 1.87. The quantitative estimate of drug-likeness (QED) is 0.784. The Balaban J connectivity index is 2.56. The van der Waals surface area contributed by atoms with Gasteiger partial charge in [-0.3, -0.25) is 4.79 Å². The van der Waals surface area contributed by atoms with Gasteiger partial charge in [0.05, 0.1) is 0 Å². The molecule has 1 aromatic rings. The molecule has 0 radical (unpaired) electrons. The molecule has 1 atom stereocenters. The molecule has 0 saturated heterocycles. The molecule has 1 rings (SSSR count). The zero-order valence-corrected chi connectivity index (χ0v) is 12.0. The maximum absolute atomic E-state index is 12.0. The summed E-state index contributed by atoms with van der Waals surface area (Å²) in [7, 11) is 4.01. The van der Waals surface area contributed by atoms with Crippen molar-refractivity contribution < 1.29 is 9.90 Å². The van der Waals surface area contributed by atoms with Crippen LogP contribution in [-0.2, 0) is 6.54 Å². The first-order chi connectivity index (χ1) is 9.02. The number of hydrogen-bond acceptors (Lipinski definition) is 3. The van der Waals surface area contributed by atoms with E-state index in [1.807, 2.05) is 45.3 Å². The van der Waals surface area contributed by atoms with Crippen LogP contribution in [0.1, 0.15) is 29.3 Å². The second-order valence-corrected chi connectivity index (χ2v) is 5.27. The fourth-order valence-electron chi connectivity index (χ4n) is 1.87. The van der Waals surface area contributed by atoms with Crippen molar-refractivity contribution in [3.05, 3.63) is 35.4 Å². The number of rotatable bonds is 7. The van der Waals surface area contributed by atoms with E-state index < -0.39 is 0 Å². The summed E-state index contributed by atoms with van der Waals surface area (Å²) < 4.78 is 0. The number of hydrogen-bond donors (Lipinski definition) is 2. The summed E-state index contributed by atoms with van der Waals surface area (Å²) in [6.45, 7) is 3.59. The Morgan fingerprint density at radius 1 is 1.42 bits per heavy atom.